The molecule has 2 aromatic rings. The van der Waals surface area contributed by atoms with E-state index >= 15 is 0 Å². The number of thiazole rings is 1. The van der Waals surface area contributed by atoms with Crippen LogP contribution in [0.3, 0.4) is 0 Å². The number of nitrogens with zero attached hydrogens (tertiary/aromatic N) is 1. The zero-order valence-electron chi connectivity index (χ0n) is 10.3. The van der Waals surface area contributed by atoms with E-state index in [9.17, 15) is 13.2 Å². The molecule has 0 unspecified atom stereocenters. The molecule has 1 heterocycles. The standard InChI is InChI=1S/C13H13F3N2S/c1-8-2-4-9(5-3-8)6-11-18-12(13(14,15)16)10(7-17)19-11/h2-5H,6-7,17H2,1H3. The number of benzene rings is 1. The van der Waals surface area contributed by atoms with Crippen molar-refractivity contribution in [2.24, 2.45) is 5.73 Å². The average Bonchev–Trinajstić information content (AvgIpc) is 2.75. The first-order valence-corrected chi connectivity index (χ1v) is 6.53. The summed E-state index contributed by atoms with van der Waals surface area (Å²) in [7, 11) is 0. The molecule has 1 aromatic heterocycles. The molecule has 0 aliphatic heterocycles. The van der Waals surface area contributed by atoms with E-state index in [1.54, 1.807) is 0 Å². The first-order valence-electron chi connectivity index (χ1n) is 5.71. The highest BCUT2D eigenvalue weighted by Gasteiger charge is 2.36. The van der Waals surface area contributed by atoms with Crippen LogP contribution < -0.4 is 5.73 Å². The maximum Gasteiger partial charge on any atom is 0.434 e. The van der Waals surface area contributed by atoms with Crippen molar-refractivity contribution in [1.29, 1.82) is 0 Å². The molecule has 2 nitrogen and oxygen atoms in total. The molecule has 0 amide bonds. The molecule has 0 saturated carbocycles. The van der Waals surface area contributed by atoms with Crippen LogP contribution in [0, 0.1) is 6.92 Å². The normalized spacial score (nSPS) is 11.8. The number of rotatable bonds is 3. The van der Waals surface area contributed by atoms with Crippen molar-refractivity contribution in [2.75, 3.05) is 0 Å². The van der Waals surface area contributed by atoms with Gasteiger partial charge in [0.2, 0.25) is 0 Å². The molecule has 2 N–H and O–H groups in total. The van der Waals surface area contributed by atoms with Gasteiger partial charge in [0.15, 0.2) is 5.69 Å². The molecule has 0 saturated heterocycles. The highest BCUT2D eigenvalue weighted by atomic mass is 32.1. The molecular weight excluding hydrogens is 273 g/mol. The molecule has 19 heavy (non-hydrogen) atoms. The Morgan fingerprint density at radius 1 is 1.21 bits per heavy atom. The minimum absolute atomic E-state index is 0.0922. The number of hydrogen-bond donors (Lipinski definition) is 1. The Hall–Kier alpha value is -1.40. The molecular formula is C13H13F3N2S. The third-order valence-electron chi connectivity index (χ3n) is 2.67. The highest BCUT2D eigenvalue weighted by molar-refractivity contribution is 7.11. The van der Waals surface area contributed by atoms with Gasteiger partial charge in [-0.2, -0.15) is 13.2 Å². The molecule has 0 aliphatic rings. The third kappa shape index (κ3) is 3.33. The lowest BCUT2D eigenvalue weighted by Gasteiger charge is -2.03. The second-order valence-electron chi connectivity index (χ2n) is 4.24. The number of hydrogen-bond acceptors (Lipinski definition) is 3. The van der Waals surface area contributed by atoms with Gasteiger partial charge in [-0.15, -0.1) is 11.3 Å². The van der Waals surface area contributed by atoms with E-state index in [1.165, 1.54) is 0 Å². The molecule has 2 rings (SSSR count). The smallest absolute Gasteiger partial charge is 0.326 e. The van der Waals surface area contributed by atoms with Gasteiger partial charge >= 0.3 is 6.18 Å². The van der Waals surface area contributed by atoms with Crippen molar-refractivity contribution in [3.63, 3.8) is 0 Å². The lowest BCUT2D eigenvalue weighted by atomic mass is 10.1. The molecule has 0 radical (unpaired) electrons. The van der Waals surface area contributed by atoms with Gasteiger partial charge < -0.3 is 5.73 Å². The van der Waals surface area contributed by atoms with Crippen LogP contribution in [-0.4, -0.2) is 4.98 Å². The second kappa shape index (κ2) is 5.30. The van der Waals surface area contributed by atoms with Gasteiger partial charge in [-0.1, -0.05) is 29.8 Å². The number of halogens is 3. The number of alkyl halides is 3. The van der Waals surface area contributed by atoms with E-state index in [0.717, 1.165) is 22.5 Å². The van der Waals surface area contributed by atoms with Gasteiger partial charge in [-0.25, -0.2) is 4.98 Å². The van der Waals surface area contributed by atoms with Gasteiger partial charge in [-0.05, 0) is 12.5 Å². The summed E-state index contributed by atoms with van der Waals surface area (Å²) in [5.74, 6) is 0. The summed E-state index contributed by atoms with van der Waals surface area (Å²) in [6, 6.07) is 7.65. The van der Waals surface area contributed by atoms with Crippen LogP contribution >= 0.6 is 11.3 Å². The largest absolute Gasteiger partial charge is 0.434 e. The Bertz CT molecular complexity index is 558. The summed E-state index contributed by atoms with van der Waals surface area (Å²) in [6.07, 6.45) is -4.04. The number of aromatic nitrogens is 1. The lowest BCUT2D eigenvalue weighted by molar-refractivity contribution is -0.141. The third-order valence-corrected chi connectivity index (χ3v) is 3.75. The second-order valence-corrected chi connectivity index (χ2v) is 5.41. The molecule has 1 aromatic carbocycles. The molecule has 6 heteroatoms. The van der Waals surface area contributed by atoms with Crippen LogP contribution in [0.2, 0.25) is 0 Å². The number of aryl methyl sites for hydroxylation is 1. The minimum Gasteiger partial charge on any atom is -0.326 e. The summed E-state index contributed by atoms with van der Waals surface area (Å²) < 4.78 is 38.2. The first-order chi connectivity index (χ1) is 8.90. The van der Waals surface area contributed by atoms with Crippen LogP contribution in [0.15, 0.2) is 24.3 Å². The molecule has 0 spiro atoms. The topological polar surface area (TPSA) is 38.9 Å². The van der Waals surface area contributed by atoms with E-state index in [1.807, 2.05) is 31.2 Å². The molecule has 102 valence electrons. The van der Waals surface area contributed by atoms with Gasteiger partial charge in [0.05, 0.1) is 9.88 Å². The monoisotopic (exact) mass is 286 g/mol. The highest BCUT2D eigenvalue weighted by Crippen LogP contribution is 2.34. The predicted molar refractivity (Wildman–Crippen MR) is 69.0 cm³/mol. The van der Waals surface area contributed by atoms with Gasteiger partial charge in [-0.3, -0.25) is 0 Å². The van der Waals surface area contributed by atoms with E-state index in [4.69, 9.17) is 5.73 Å². The average molecular weight is 286 g/mol. The van der Waals surface area contributed by atoms with Gasteiger partial charge in [0.25, 0.3) is 0 Å². The predicted octanol–water partition coefficient (Wildman–Crippen LogP) is 3.52. The maximum atomic E-state index is 12.7. The fraction of sp³-hybridized carbons (Fsp3) is 0.308. The van der Waals surface area contributed by atoms with Crippen molar-refractivity contribution < 1.29 is 13.2 Å². The van der Waals surface area contributed by atoms with Gasteiger partial charge in [0, 0.05) is 13.0 Å². The van der Waals surface area contributed by atoms with Crippen molar-refractivity contribution in [1.82, 2.24) is 4.98 Å². The van der Waals surface area contributed by atoms with Crippen LogP contribution in [0.5, 0.6) is 0 Å². The summed E-state index contributed by atoms with van der Waals surface area (Å²) in [6.45, 7) is 1.82. The Kier molecular flexibility index (Phi) is 3.91. The van der Waals surface area contributed by atoms with Crippen LogP contribution in [0.25, 0.3) is 0 Å². The summed E-state index contributed by atoms with van der Waals surface area (Å²) >= 11 is 1.03. The Morgan fingerprint density at radius 3 is 2.32 bits per heavy atom. The van der Waals surface area contributed by atoms with Crippen LogP contribution in [-0.2, 0) is 19.1 Å². The van der Waals surface area contributed by atoms with Crippen LogP contribution in [0.4, 0.5) is 13.2 Å². The van der Waals surface area contributed by atoms with E-state index in [2.05, 4.69) is 4.98 Å². The zero-order valence-corrected chi connectivity index (χ0v) is 11.1. The van der Waals surface area contributed by atoms with E-state index in [-0.39, 0.29) is 11.4 Å². The van der Waals surface area contributed by atoms with E-state index in [0.29, 0.717) is 11.4 Å². The zero-order chi connectivity index (χ0) is 14.0. The quantitative estimate of drug-likeness (QED) is 0.937. The molecule has 0 aliphatic carbocycles. The Morgan fingerprint density at radius 2 is 1.84 bits per heavy atom. The summed E-state index contributed by atoms with van der Waals surface area (Å²) in [5, 5.41) is 0.441. The molecule has 0 fully saturated rings. The lowest BCUT2D eigenvalue weighted by Crippen LogP contribution is -2.10. The SMILES string of the molecule is Cc1ccc(Cc2nc(C(F)(F)F)c(CN)s2)cc1. The first kappa shape index (κ1) is 14.0. The van der Waals surface area contributed by atoms with E-state index < -0.39 is 11.9 Å². The van der Waals surface area contributed by atoms with Crippen LogP contribution in [0.1, 0.15) is 26.7 Å². The number of nitrogens with two attached hydrogens (primary N) is 1. The fourth-order valence-electron chi connectivity index (χ4n) is 1.72. The van der Waals surface area contributed by atoms with Crippen molar-refractivity contribution in [2.45, 2.75) is 26.1 Å². The summed E-state index contributed by atoms with van der Waals surface area (Å²) in [5.41, 5.74) is 6.55. The molecule has 0 atom stereocenters. The Balaban J connectivity index is 2.26. The molecule has 0 bridgehead atoms. The fourth-order valence-corrected chi connectivity index (χ4v) is 2.72. The van der Waals surface area contributed by atoms with Crippen molar-refractivity contribution >= 4 is 11.3 Å². The van der Waals surface area contributed by atoms with Crippen molar-refractivity contribution in [3.8, 4) is 0 Å². The van der Waals surface area contributed by atoms with Gasteiger partial charge in [0.1, 0.15) is 0 Å². The van der Waals surface area contributed by atoms with Crippen molar-refractivity contribution in [3.05, 3.63) is 51.0 Å². The summed E-state index contributed by atoms with van der Waals surface area (Å²) in [4.78, 5) is 3.78. The maximum absolute atomic E-state index is 12.7. The Labute approximate surface area is 113 Å². The minimum atomic E-state index is -4.43.